The van der Waals surface area contributed by atoms with Crippen LogP contribution >= 0.6 is 11.3 Å². The summed E-state index contributed by atoms with van der Waals surface area (Å²) in [5.41, 5.74) is 2.32. The van der Waals surface area contributed by atoms with E-state index in [1.165, 1.54) is 10.6 Å². The van der Waals surface area contributed by atoms with Crippen LogP contribution in [-0.2, 0) is 13.0 Å². The van der Waals surface area contributed by atoms with Gasteiger partial charge in [0.15, 0.2) is 0 Å². The number of aromatic nitrogens is 1. The summed E-state index contributed by atoms with van der Waals surface area (Å²) in [6, 6.07) is 1.99. The molecule has 2 rings (SSSR count). The van der Waals surface area contributed by atoms with E-state index in [0.29, 0.717) is 0 Å². The second kappa shape index (κ2) is 5.47. The standard InChI is InChI=1S/C13H18N2OS/c1-4-11-12(8-14-5-2)17-13(15-11)10-6-7-16-9(10)3/h6-7,14H,4-5,8H2,1-3H3. The maximum Gasteiger partial charge on any atom is 0.127 e. The zero-order chi connectivity index (χ0) is 12.3. The molecule has 2 aromatic heterocycles. The van der Waals surface area contributed by atoms with Crippen molar-refractivity contribution in [3.05, 3.63) is 28.7 Å². The number of hydrogen-bond acceptors (Lipinski definition) is 4. The van der Waals surface area contributed by atoms with Gasteiger partial charge in [-0.2, -0.15) is 0 Å². The predicted molar refractivity (Wildman–Crippen MR) is 71.3 cm³/mol. The summed E-state index contributed by atoms with van der Waals surface area (Å²) in [5.74, 6) is 0.941. The number of thiazole rings is 1. The Morgan fingerprint density at radius 3 is 2.82 bits per heavy atom. The normalized spacial score (nSPS) is 11.0. The molecule has 4 heteroatoms. The van der Waals surface area contributed by atoms with Gasteiger partial charge in [0.25, 0.3) is 0 Å². The average Bonchev–Trinajstić information content (AvgIpc) is 2.91. The molecule has 0 spiro atoms. The van der Waals surface area contributed by atoms with Crippen LogP contribution in [0.5, 0.6) is 0 Å². The van der Waals surface area contributed by atoms with Gasteiger partial charge in [0.2, 0.25) is 0 Å². The van der Waals surface area contributed by atoms with E-state index in [1.807, 2.05) is 13.0 Å². The Balaban J connectivity index is 2.31. The van der Waals surface area contributed by atoms with E-state index in [0.717, 1.165) is 35.8 Å². The Hall–Kier alpha value is -1.13. The monoisotopic (exact) mass is 250 g/mol. The first-order chi connectivity index (χ1) is 8.26. The van der Waals surface area contributed by atoms with Crippen LogP contribution in [0, 0.1) is 6.92 Å². The fourth-order valence-corrected chi connectivity index (χ4v) is 2.95. The molecule has 0 amide bonds. The zero-order valence-corrected chi connectivity index (χ0v) is 11.4. The highest BCUT2D eigenvalue weighted by atomic mass is 32.1. The van der Waals surface area contributed by atoms with Gasteiger partial charge in [-0.25, -0.2) is 4.98 Å². The van der Waals surface area contributed by atoms with E-state index in [1.54, 1.807) is 17.6 Å². The summed E-state index contributed by atoms with van der Waals surface area (Å²) >= 11 is 1.76. The topological polar surface area (TPSA) is 38.1 Å². The summed E-state index contributed by atoms with van der Waals surface area (Å²) < 4.78 is 5.33. The highest BCUT2D eigenvalue weighted by Crippen LogP contribution is 2.31. The van der Waals surface area contributed by atoms with Crippen LogP contribution in [0.1, 0.15) is 30.2 Å². The summed E-state index contributed by atoms with van der Waals surface area (Å²) in [7, 11) is 0. The molecule has 0 unspecified atom stereocenters. The van der Waals surface area contributed by atoms with Crippen LogP contribution in [0.15, 0.2) is 16.7 Å². The molecule has 0 aromatic carbocycles. The number of nitrogens with one attached hydrogen (secondary N) is 1. The molecular formula is C13H18N2OS. The highest BCUT2D eigenvalue weighted by Gasteiger charge is 2.13. The third kappa shape index (κ3) is 2.58. The van der Waals surface area contributed by atoms with Crippen molar-refractivity contribution in [2.75, 3.05) is 6.54 Å². The minimum atomic E-state index is 0.911. The molecule has 92 valence electrons. The number of rotatable bonds is 5. The van der Waals surface area contributed by atoms with Crippen LogP contribution in [-0.4, -0.2) is 11.5 Å². The van der Waals surface area contributed by atoms with Gasteiger partial charge >= 0.3 is 0 Å². The van der Waals surface area contributed by atoms with Crippen molar-refractivity contribution in [1.29, 1.82) is 0 Å². The Morgan fingerprint density at radius 2 is 2.24 bits per heavy atom. The third-order valence-corrected chi connectivity index (χ3v) is 3.87. The second-order valence-corrected chi connectivity index (χ2v) is 5.00. The molecule has 0 saturated carbocycles. The van der Waals surface area contributed by atoms with E-state index in [9.17, 15) is 0 Å². The van der Waals surface area contributed by atoms with Crippen LogP contribution in [0.3, 0.4) is 0 Å². The maximum atomic E-state index is 5.33. The van der Waals surface area contributed by atoms with Gasteiger partial charge in [0, 0.05) is 11.4 Å². The highest BCUT2D eigenvalue weighted by molar-refractivity contribution is 7.15. The third-order valence-electron chi connectivity index (χ3n) is 2.74. The van der Waals surface area contributed by atoms with Gasteiger partial charge < -0.3 is 9.73 Å². The molecular weight excluding hydrogens is 232 g/mol. The van der Waals surface area contributed by atoms with Crippen molar-refractivity contribution >= 4 is 11.3 Å². The lowest BCUT2D eigenvalue weighted by atomic mass is 10.2. The lowest BCUT2D eigenvalue weighted by Crippen LogP contribution is -2.11. The average molecular weight is 250 g/mol. The molecule has 3 nitrogen and oxygen atoms in total. The molecule has 1 N–H and O–H groups in total. The van der Waals surface area contributed by atoms with Gasteiger partial charge in [0.1, 0.15) is 10.8 Å². The van der Waals surface area contributed by atoms with Gasteiger partial charge in [-0.15, -0.1) is 11.3 Å². The van der Waals surface area contributed by atoms with Crippen molar-refractivity contribution in [2.45, 2.75) is 33.7 Å². The molecule has 2 aromatic rings. The van der Waals surface area contributed by atoms with Crippen molar-refractivity contribution in [3.63, 3.8) is 0 Å². The van der Waals surface area contributed by atoms with E-state index in [2.05, 4.69) is 19.2 Å². The lowest BCUT2D eigenvalue weighted by molar-refractivity contribution is 0.535. The SMILES string of the molecule is CCNCc1sc(-c2ccoc2C)nc1CC. The van der Waals surface area contributed by atoms with Gasteiger partial charge in [-0.3, -0.25) is 0 Å². The minimum Gasteiger partial charge on any atom is -0.469 e. The van der Waals surface area contributed by atoms with E-state index in [-0.39, 0.29) is 0 Å². The fraction of sp³-hybridized carbons (Fsp3) is 0.462. The van der Waals surface area contributed by atoms with Crippen molar-refractivity contribution in [2.24, 2.45) is 0 Å². The second-order valence-electron chi connectivity index (χ2n) is 3.91. The van der Waals surface area contributed by atoms with E-state index >= 15 is 0 Å². The number of furan rings is 1. The first-order valence-electron chi connectivity index (χ1n) is 6.00. The smallest absolute Gasteiger partial charge is 0.127 e. The van der Waals surface area contributed by atoms with E-state index < -0.39 is 0 Å². The molecule has 17 heavy (non-hydrogen) atoms. The molecule has 0 bridgehead atoms. The van der Waals surface area contributed by atoms with Crippen LogP contribution < -0.4 is 5.32 Å². The Morgan fingerprint density at radius 1 is 1.41 bits per heavy atom. The number of aryl methyl sites for hydroxylation is 2. The fourth-order valence-electron chi connectivity index (χ4n) is 1.76. The summed E-state index contributed by atoms with van der Waals surface area (Å²) in [4.78, 5) is 6.04. The molecule has 0 atom stereocenters. The van der Waals surface area contributed by atoms with Crippen LogP contribution in [0.4, 0.5) is 0 Å². The van der Waals surface area contributed by atoms with Gasteiger partial charge in [-0.1, -0.05) is 13.8 Å². The molecule has 0 aliphatic carbocycles. The van der Waals surface area contributed by atoms with E-state index in [4.69, 9.17) is 9.40 Å². The predicted octanol–water partition coefficient (Wildman–Crippen LogP) is 3.38. The largest absolute Gasteiger partial charge is 0.469 e. The minimum absolute atomic E-state index is 0.911. The lowest BCUT2D eigenvalue weighted by Gasteiger charge is -1.99. The summed E-state index contributed by atoms with van der Waals surface area (Å²) in [5, 5.41) is 4.43. The van der Waals surface area contributed by atoms with Crippen molar-refractivity contribution < 1.29 is 4.42 Å². The Kier molecular flexibility index (Phi) is 3.97. The first kappa shape index (κ1) is 12.3. The van der Waals surface area contributed by atoms with Gasteiger partial charge in [-0.05, 0) is 26.0 Å². The van der Waals surface area contributed by atoms with Crippen molar-refractivity contribution in [1.82, 2.24) is 10.3 Å². The van der Waals surface area contributed by atoms with Gasteiger partial charge in [0.05, 0.1) is 17.5 Å². The zero-order valence-electron chi connectivity index (χ0n) is 10.5. The quantitative estimate of drug-likeness (QED) is 0.884. The maximum absolute atomic E-state index is 5.33. The number of hydrogen-bond donors (Lipinski definition) is 1. The molecule has 0 fully saturated rings. The summed E-state index contributed by atoms with van der Waals surface area (Å²) in [6.45, 7) is 8.14. The summed E-state index contributed by atoms with van der Waals surface area (Å²) in [6.07, 6.45) is 2.70. The molecule has 0 radical (unpaired) electrons. The Bertz CT molecular complexity index is 487. The first-order valence-corrected chi connectivity index (χ1v) is 6.81. The molecule has 0 aliphatic rings. The van der Waals surface area contributed by atoms with Crippen LogP contribution in [0.25, 0.3) is 10.6 Å². The van der Waals surface area contributed by atoms with Crippen LogP contribution in [0.2, 0.25) is 0 Å². The molecule has 2 heterocycles. The van der Waals surface area contributed by atoms with Crippen molar-refractivity contribution in [3.8, 4) is 10.6 Å². The molecule has 0 saturated heterocycles. The molecule has 0 aliphatic heterocycles. The number of nitrogens with zero attached hydrogens (tertiary/aromatic N) is 1. The Labute approximate surface area is 106 Å².